The van der Waals surface area contributed by atoms with E-state index in [4.69, 9.17) is 0 Å². The van der Waals surface area contributed by atoms with Crippen molar-refractivity contribution in [3.8, 4) is 0 Å². The maximum Gasteiger partial charge on any atom is 0.293 e. The highest BCUT2D eigenvalue weighted by Crippen LogP contribution is 2.29. The van der Waals surface area contributed by atoms with Gasteiger partial charge in [0.15, 0.2) is 0 Å². The summed E-state index contributed by atoms with van der Waals surface area (Å²) in [5, 5.41) is 14.6. The molecule has 178 valence electrons. The van der Waals surface area contributed by atoms with E-state index in [-0.39, 0.29) is 17.3 Å². The van der Waals surface area contributed by atoms with Crippen molar-refractivity contribution >= 4 is 27.3 Å². The molecule has 1 amide bonds. The van der Waals surface area contributed by atoms with Gasteiger partial charge in [-0.1, -0.05) is 18.2 Å². The highest BCUT2D eigenvalue weighted by atomic mass is 32.2. The fourth-order valence-corrected chi connectivity index (χ4v) is 4.69. The minimum atomic E-state index is -4.36. The fraction of sp³-hybridized carbons (Fsp3) is 0.381. The monoisotopic (exact) mass is 482 g/mol. The predicted octanol–water partition coefficient (Wildman–Crippen LogP) is 2.90. The Bertz CT molecular complexity index is 1100. The van der Waals surface area contributed by atoms with Crippen LogP contribution in [0.25, 0.3) is 0 Å². The van der Waals surface area contributed by atoms with Crippen LogP contribution in [0.2, 0.25) is 0 Å². The highest BCUT2D eigenvalue weighted by Gasteiger charge is 2.29. The van der Waals surface area contributed by atoms with Crippen LogP contribution in [0.5, 0.6) is 0 Å². The Balaban J connectivity index is 1.79. The maximum absolute atomic E-state index is 13.0. The van der Waals surface area contributed by atoms with Crippen LogP contribution in [0.3, 0.4) is 0 Å². The molecule has 0 saturated carbocycles. The number of rotatable bonds is 9. The third kappa shape index (κ3) is 6.02. The van der Waals surface area contributed by atoms with Crippen LogP contribution in [-0.4, -0.2) is 62.7 Å². The van der Waals surface area contributed by atoms with Crippen molar-refractivity contribution in [3.05, 3.63) is 64.2 Å². The van der Waals surface area contributed by atoms with Gasteiger partial charge in [0.1, 0.15) is 19.0 Å². The van der Waals surface area contributed by atoms with Gasteiger partial charge in [0.2, 0.25) is 0 Å². The number of piperidine rings is 1. The molecule has 12 heteroatoms. The molecule has 2 N–H and O–H groups in total. The van der Waals surface area contributed by atoms with Gasteiger partial charge in [0.05, 0.1) is 15.9 Å². The van der Waals surface area contributed by atoms with Gasteiger partial charge in [0, 0.05) is 24.2 Å². The fourth-order valence-electron chi connectivity index (χ4n) is 3.69. The van der Waals surface area contributed by atoms with Gasteiger partial charge >= 0.3 is 0 Å². The number of carbonyl (C=O) groups excluding carboxylic acids is 1. The summed E-state index contributed by atoms with van der Waals surface area (Å²) in [5.74, 6) is -0.863. The van der Waals surface area contributed by atoms with E-state index in [0.29, 0.717) is 25.9 Å². The van der Waals surface area contributed by atoms with Gasteiger partial charge in [-0.05, 0) is 43.7 Å². The van der Waals surface area contributed by atoms with E-state index in [2.05, 4.69) is 5.32 Å². The number of alkyl halides is 2. The number of hydrogen-bond acceptors (Lipinski definition) is 7. The number of nitrogens with one attached hydrogen (secondary N) is 2. The molecule has 2 aromatic rings. The molecule has 0 bridgehead atoms. The Morgan fingerprint density at radius 2 is 1.88 bits per heavy atom. The number of likely N-dealkylation sites (tertiary alicyclic amines) is 1. The molecular weight excluding hydrogens is 458 g/mol. The van der Waals surface area contributed by atoms with Crippen LogP contribution in [-0.2, 0) is 10.0 Å². The standard InChI is InChI=1S/C21H24F2N4O5S/c22-12-17(13-23)26-10-4-7-16(14-26)24-19-9-8-18(11-20(19)27(29)30)33(31,32)25-21(28)15-5-2-1-3-6-15/h1-3,5-6,8-9,11,16-17,24H,4,7,10,12-14H2,(H,25,28)/t16-/m1/s1. The number of carbonyl (C=O) groups is 1. The zero-order chi connectivity index (χ0) is 24.0. The molecular formula is C21H24F2N4O5S. The van der Waals surface area contributed by atoms with Crippen LogP contribution < -0.4 is 10.0 Å². The van der Waals surface area contributed by atoms with Crippen molar-refractivity contribution in [2.75, 3.05) is 31.8 Å². The Kier molecular flexibility index (Phi) is 7.92. The van der Waals surface area contributed by atoms with Crippen LogP contribution in [0, 0.1) is 10.1 Å². The smallest absolute Gasteiger partial charge is 0.293 e. The van der Waals surface area contributed by atoms with E-state index in [1.54, 1.807) is 23.1 Å². The molecule has 1 aliphatic heterocycles. The summed E-state index contributed by atoms with van der Waals surface area (Å²) in [7, 11) is -4.36. The lowest BCUT2D eigenvalue weighted by Crippen LogP contribution is -2.48. The highest BCUT2D eigenvalue weighted by molar-refractivity contribution is 7.90. The third-order valence-corrected chi connectivity index (χ3v) is 6.75. The third-order valence-electron chi connectivity index (χ3n) is 5.42. The average molecular weight is 483 g/mol. The van der Waals surface area contributed by atoms with E-state index in [0.717, 1.165) is 12.1 Å². The van der Waals surface area contributed by atoms with E-state index < -0.39 is 50.8 Å². The molecule has 33 heavy (non-hydrogen) atoms. The van der Waals surface area contributed by atoms with Crippen LogP contribution >= 0.6 is 0 Å². The summed E-state index contributed by atoms with van der Waals surface area (Å²) in [6.07, 6.45) is 1.28. The van der Waals surface area contributed by atoms with Gasteiger partial charge in [-0.2, -0.15) is 0 Å². The second-order valence-corrected chi connectivity index (χ2v) is 9.36. The Labute approximate surface area is 190 Å². The lowest BCUT2D eigenvalue weighted by atomic mass is 10.0. The lowest BCUT2D eigenvalue weighted by molar-refractivity contribution is -0.384. The summed E-state index contributed by atoms with van der Waals surface area (Å²) < 4.78 is 53.2. The second kappa shape index (κ2) is 10.7. The molecule has 0 aliphatic carbocycles. The number of hydrogen-bond donors (Lipinski definition) is 2. The molecule has 0 spiro atoms. The molecule has 0 aromatic heterocycles. The van der Waals surface area contributed by atoms with Gasteiger partial charge in [-0.3, -0.25) is 19.8 Å². The van der Waals surface area contributed by atoms with Gasteiger partial charge in [0.25, 0.3) is 21.6 Å². The van der Waals surface area contributed by atoms with Crippen molar-refractivity contribution in [1.29, 1.82) is 0 Å². The summed E-state index contributed by atoms with van der Waals surface area (Å²) in [5.41, 5.74) is -0.289. The molecule has 2 aromatic carbocycles. The Hall–Kier alpha value is -3.12. The van der Waals surface area contributed by atoms with E-state index in [1.165, 1.54) is 18.2 Å². The average Bonchev–Trinajstić information content (AvgIpc) is 2.80. The minimum Gasteiger partial charge on any atom is -0.375 e. The maximum atomic E-state index is 13.0. The predicted molar refractivity (Wildman–Crippen MR) is 118 cm³/mol. The number of nitro groups is 1. The minimum absolute atomic E-state index is 0.0808. The van der Waals surface area contributed by atoms with Crippen molar-refractivity contribution in [3.63, 3.8) is 0 Å². The topological polar surface area (TPSA) is 122 Å². The van der Waals surface area contributed by atoms with Gasteiger partial charge in [-0.25, -0.2) is 21.9 Å². The second-order valence-electron chi connectivity index (χ2n) is 7.68. The van der Waals surface area contributed by atoms with Crippen molar-refractivity contribution in [2.24, 2.45) is 0 Å². The number of amides is 1. The van der Waals surface area contributed by atoms with E-state index in [9.17, 15) is 32.1 Å². The SMILES string of the molecule is O=C(NS(=O)(=O)c1ccc(N[C@@H]2CCCN(C(CF)CF)C2)c([N+](=O)[O-])c1)c1ccccc1. The first-order chi connectivity index (χ1) is 15.7. The van der Waals surface area contributed by atoms with E-state index in [1.807, 2.05) is 4.72 Å². The molecule has 9 nitrogen and oxygen atoms in total. The molecule has 0 radical (unpaired) electrons. The first-order valence-electron chi connectivity index (χ1n) is 10.3. The molecule has 0 unspecified atom stereocenters. The van der Waals surface area contributed by atoms with Crippen LogP contribution in [0.15, 0.2) is 53.4 Å². The van der Waals surface area contributed by atoms with E-state index >= 15 is 0 Å². The van der Waals surface area contributed by atoms with Crippen LogP contribution in [0.1, 0.15) is 23.2 Å². The first-order valence-corrected chi connectivity index (χ1v) is 11.8. The molecule has 1 heterocycles. The number of nitrogens with zero attached hydrogens (tertiary/aromatic N) is 2. The molecule has 1 saturated heterocycles. The summed E-state index contributed by atoms with van der Waals surface area (Å²) in [4.78, 5) is 24.3. The molecule has 3 rings (SSSR count). The van der Waals surface area contributed by atoms with Crippen molar-refractivity contribution in [2.45, 2.75) is 29.8 Å². The summed E-state index contributed by atoms with van der Waals surface area (Å²) in [6.45, 7) is -0.838. The zero-order valence-corrected chi connectivity index (χ0v) is 18.4. The zero-order valence-electron chi connectivity index (χ0n) is 17.6. The molecule has 1 atom stereocenters. The number of halogens is 2. The van der Waals surface area contributed by atoms with Crippen molar-refractivity contribution in [1.82, 2.24) is 9.62 Å². The molecule has 1 fully saturated rings. The summed E-state index contributed by atoms with van der Waals surface area (Å²) >= 11 is 0. The summed E-state index contributed by atoms with van der Waals surface area (Å²) in [6, 6.07) is 9.79. The van der Waals surface area contributed by atoms with Gasteiger partial charge < -0.3 is 5.32 Å². The first kappa shape index (κ1) is 24.5. The Morgan fingerprint density at radius 3 is 2.52 bits per heavy atom. The normalized spacial score (nSPS) is 17.0. The largest absolute Gasteiger partial charge is 0.375 e. The number of benzene rings is 2. The quantitative estimate of drug-likeness (QED) is 0.416. The van der Waals surface area contributed by atoms with Crippen molar-refractivity contribution < 1.29 is 26.9 Å². The number of anilines is 1. The Morgan fingerprint density at radius 1 is 1.18 bits per heavy atom. The number of nitro benzene ring substituents is 1. The lowest BCUT2D eigenvalue weighted by Gasteiger charge is -2.36. The van der Waals surface area contributed by atoms with Crippen LogP contribution in [0.4, 0.5) is 20.2 Å². The molecule has 1 aliphatic rings. The van der Waals surface area contributed by atoms with Gasteiger partial charge in [-0.15, -0.1) is 0 Å². The number of sulfonamides is 1.